The first-order chi connectivity index (χ1) is 7.77. The van der Waals surface area contributed by atoms with Gasteiger partial charge < -0.3 is 15.2 Å². The Morgan fingerprint density at radius 1 is 1.38 bits per heavy atom. The van der Waals surface area contributed by atoms with Gasteiger partial charge in [0.2, 0.25) is 0 Å². The van der Waals surface area contributed by atoms with Crippen LogP contribution in [0.25, 0.3) is 0 Å². The van der Waals surface area contributed by atoms with Gasteiger partial charge in [-0.1, -0.05) is 25.1 Å². The molecule has 0 aromatic heterocycles. The van der Waals surface area contributed by atoms with Crippen molar-refractivity contribution in [3.8, 4) is 0 Å². The van der Waals surface area contributed by atoms with Gasteiger partial charge in [-0.25, -0.2) is 4.79 Å². The molecule has 1 aromatic carbocycles. The van der Waals surface area contributed by atoms with Crippen LogP contribution < -0.4 is 5.73 Å². The summed E-state index contributed by atoms with van der Waals surface area (Å²) >= 11 is 0. The number of benzene rings is 1. The second kappa shape index (κ2) is 6.98. The highest BCUT2D eigenvalue weighted by Gasteiger charge is 2.08. The number of rotatable bonds is 6. The van der Waals surface area contributed by atoms with E-state index in [2.05, 4.69) is 0 Å². The van der Waals surface area contributed by atoms with Crippen molar-refractivity contribution in [1.29, 1.82) is 0 Å². The summed E-state index contributed by atoms with van der Waals surface area (Å²) in [5.74, 6) is -0.382. The number of ether oxygens (including phenoxy) is 2. The van der Waals surface area contributed by atoms with E-state index in [-0.39, 0.29) is 18.9 Å². The SMILES string of the molecule is CCC(CN)OCOC(=O)c1ccccc1. The van der Waals surface area contributed by atoms with Crippen LogP contribution in [0.1, 0.15) is 23.7 Å². The first kappa shape index (κ1) is 12.7. The smallest absolute Gasteiger partial charge is 0.340 e. The van der Waals surface area contributed by atoms with Crippen molar-refractivity contribution >= 4 is 5.97 Å². The lowest BCUT2D eigenvalue weighted by atomic mass is 10.2. The van der Waals surface area contributed by atoms with Crippen LogP contribution in [0.5, 0.6) is 0 Å². The van der Waals surface area contributed by atoms with E-state index in [1.807, 2.05) is 13.0 Å². The zero-order chi connectivity index (χ0) is 11.8. The normalized spacial score (nSPS) is 12.1. The summed E-state index contributed by atoms with van der Waals surface area (Å²) in [6.45, 7) is 2.35. The van der Waals surface area contributed by atoms with Crippen molar-refractivity contribution in [3.63, 3.8) is 0 Å². The highest BCUT2D eigenvalue weighted by molar-refractivity contribution is 5.89. The maximum Gasteiger partial charge on any atom is 0.340 e. The van der Waals surface area contributed by atoms with Crippen LogP contribution in [0.3, 0.4) is 0 Å². The molecule has 0 radical (unpaired) electrons. The zero-order valence-corrected chi connectivity index (χ0v) is 9.39. The molecule has 0 saturated heterocycles. The van der Waals surface area contributed by atoms with Crippen molar-refractivity contribution in [1.82, 2.24) is 0 Å². The van der Waals surface area contributed by atoms with Crippen molar-refractivity contribution in [2.45, 2.75) is 19.4 Å². The van der Waals surface area contributed by atoms with E-state index in [1.165, 1.54) is 0 Å². The van der Waals surface area contributed by atoms with Crippen LogP contribution in [-0.4, -0.2) is 25.4 Å². The van der Waals surface area contributed by atoms with Crippen LogP contribution in [0.15, 0.2) is 30.3 Å². The topological polar surface area (TPSA) is 61.6 Å². The molecule has 4 nitrogen and oxygen atoms in total. The van der Waals surface area contributed by atoms with Crippen molar-refractivity contribution in [2.75, 3.05) is 13.3 Å². The van der Waals surface area contributed by atoms with Gasteiger partial charge in [-0.05, 0) is 18.6 Å². The average Bonchev–Trinajstić information content (AvgIpc) is 2.35. The van der Waals surface area contributed by atoms with E-state index in [0.29, 0.717) is 12.1 Å². The molecule has 88 valence electrons. The fourth-order valence-electron chi connectivity index (χ4n) is 1.19. The Bertz CT molecular complexity index is 309. The summed E-state index contributed by atoms with van der Waals surface area (Å²) in [6, 6.07) is 8.80. The third kappa shape index (κ3) is 4.00. The summed E-state index contributed by atoms with van der Waals surface area (Å²) in [5, 5.41) is 0. The van der Waals surface area contributed by atoms with E-state index < -0.39 is 0 Å². The molecule has 16 heavy (non-hydrogen) atoms. The summed E-state index contributed by atoms with van der Waals surface area (Å²) < 4.78 is 10.2. The summed E-state index contributed by atoms with van der Waals surface area (Å²) in [5.41, 5.74) is 5.97. The predicted octanol–water partition coefficient (Wildman–Crippen LogP) is 1.55. The number of hydrogen-bond acceptors (Lipinski definition) is 4. The number of esters is 1. The maximum absolute atomic E-state index is 11.5. The van der Waals surface area contributed by atoms with Crippen LogP contribution in [0.4, 0.5) is 0 Å². The Balaban J connectivity index is 2.31. The Morgan fingerprint density at radius 3 is 2.62 bits per heavy atom. The highest BCUT2D eigenvalue weighted by Crippen LogP contribution is 2.02. The lowest BCUT2D eigenvalue weighted by Crippen LogP contribution is -2.24. The molecule has 0 aliphatic carbocycles. The lowest BCUT2D eigenvalue weighted by molar-refractivity contribution is -0.0632. The van der Waals surface area contributed by atoms with E-state index in [0.717, 1.165) is 6.42 Å². The van der Waals surface area contributed by atoms with Crippen LogP contribution >= 0.6 is 0 Å². The van der Waals surface area contributed by atoms with Crippen LogP contribution in [0, 0.1) is 0 Å². The van der Waals surface area contributed by atoms with Crippen molar-refractivity contribution in [2.24, 2.45) is 5.73 Å². The number of nitrogens with two attached hydrogens (primary N) is 1. The fourth-order valence-corrected chi connectivity index (χ4v) is 1.19. The molecule has 0 heterocycles. The summed E-state index contributed by atoms with van der Waals surface area (Å²) in [7, 11) is 0. The second-order valence-corrected chi connectivity index (χ2v) is 3.35. The molecule has 0 fully saturated rings. The molecule has 0 aliphatic rings. The van der Waals surface area contributed by atoms with Gasteiger partial charge in [0.15, 0.2) is 6.79 Å². The van der Waals surface area contributed by atoms with Crippen LogP contribution in [0.2, 0.25) is 0 Å². The van der Waals surface area contributed by atoms with Gasteiger partial charge in [0.1, 0.15) is 0 Å². The van der Waals surface area contributed by atoms with Crippen LogP contribution in [-0.2, 0) is 9.47 Å². The molecule has 0 aliphatic heterocycles. The lowest BCUT2D eigenvalue weighted by Gasteiger charge is -2.13. The predicted molar refractivity (Wildman–Crippen MR) is 60.9 cm³/mol. The average molecular weight is 223 g/mol. The Hall–Kier alpha value is -1.39. The highest BCUT2D eigenvalue weighted by atomic mass is 16.7. The van der Waals surface area contributed by atoms with Gasteiger partial charge in [0, 0.05) is 6.54 Å². The standard InChI is InChI=1S/C12H17NO3/c1-2-11(8-13)15-9-16-12(14)10-6-4-3-5-7-10/h3-7,11H,2,8-9,13H2,1H3. The first-order valence-corrected chi connectivity index (χ1v) is 5.31. The van der Waals surface area contributed by atoms with Crippen molar-refractivity contribution in [3.05, 3.63) is 35.9 Å². The minimum absolute atomic E-state index is 0.0521. The van der Waals surface area contributed by atoms with E-state index in [1.54, 1.807) is 24.3 Å². The molecule has 1 atom stereocenters. The quantitative estimate of drug-likeness (QED) is 0.587. The van der Waals surface area contributed by atoms with E-state index >= 15 is 0 Å². The maximum atomic E-state index is 11.5. The molecular weight excluding hydrogens is 206 g/mol. The second-order valence-electron chi connectivity index (χ2n) is 3.35. The van der Waals surface area contributed by atoms with E-state index in [4.69, 9.17) is 15.2 Å². The number of carbonyl (C=O) groups is 1. The minimum Gasteiger partial charge on any atom is -0.435 e. The van der Waals surface area contributed by atoms with Gasteiger partial charge >= 0.3 is 5.97 Å². The molecule has 0 spiro atoms. The fraction of sp³-hybridized carbons (Fsp3) is 0.417. The van der Waals surface area contributed by atoms with Gasteiger partial charge in [-0.3, -0.25) is 0 Å². The third-order valence-corrected chi connectivity index (χ3v) is 2.22. The zero-order valence-electron chi connectivity index (χ0n) is 9.39. The molecule has 1 unspecified atom stereocenters. The molecule has 1 rings (SSSR count). The first-order valence-electron chi connectivity index (χ1n) is 5.31. The third-order valence-electron chi connectivity index (χ3n) is 2.22. The Morgan fingerprint density at radius 2 is 2.06 bits per heavy atom. The summed E-state index contributed by atoms with van der Waals surface area (Å²) in [6.07, 6.45) is 0.753. The molecule has 0 bridgehead atoms. The van der Waals surface area contributed by atoms with Gasteiger partial charge in [-0.15, -0.1) is 0 Å². The monoisotopic (exact) mass is 223 g/mol. The Kier molecular flexibility index (Phi) is 5.53. The molecule has 4 heteroatoms. The molecule has 0 saturated carbocycles. The van der Waals surface area contributed by atoms with Crippen molar-refractivity contribution < 1.29 is 14.3 Å². The van der Waals surface area contributed by atoms with Gasteiger partial charge in [-0.2, -0.15) is 0 Å². The summed E-state index contributed by atoms with van der Waals surface area (Å²) in [4.78, 5) is 11.5. The Labute approximate surface area is 95.3 Å². The van der Waals surface area contributed by atoms with Gasteiger partial charge in [0.05, 0.1) is 11.7 Å². The largest absolute Gasteiger partial charge is 0.435 e. The van der Waals surface area contributed by atoms with E-state index in [9.17, 15) is 4.79 Å². The number of hydrogen-bond donors (Lipinski definition) is 1. The number of carbonyl (C=O) groups excluding carboxylic acids is 1. The van der Waals surface area contributed by atoms with Gasteiger partial charge in [0.25, 0.3) is 0 Å². The molecule has 2 N–H and O–H groups in total. The molecule has 0 amide bonds. The molecular formula is C12H17NO3. The molecule has 1 aromatic rings. The minimum atomic E-state index is -0.382.